The van der Waals surface area contributed by atoms with Crippen LogP contribution in [0.1, 0.15) is 8.22 Å². The van der Waals surface area contributed by atoms with Crippen molar-refractivity contribution in [3.8, 4) is 56.2 Å². The minimum absolute atomic E-state index is 0.0256. The molecule has 0 saturated heterocycles. The van der Waals surface area contributed by atoms with Crippen molar-refractivity contribution in [1.82, 2.24) is 9.97 Å². The number of nitrogens with zero attached hydrogens (tertiary/aromatic N) is 2. The molecule has 3 heteroatoms. The largest absolute Gasteiger partial charge is 0.228 e. The quantitative estimate of drug-likeness (QED) is 0.165. The number of fused-ring (bicyclic) bond motifs is 9. The molecule has 0 aliphatic carbocycles. The summed E-state index contributed by atoms with van der Waals surface area (Å²) in [6.07, 6.45) is 0. The van der Waals surface area contributed by atoms with Crippen LogP contribution in [-0.2, 0) is 0 Å². The molecule has 0 amide bonds. The van der Waals surface area contributed by atoms with E-state index in [0.717, 1.165) is 65.9 Å². The average molecular weight is 723 g/mol. The third kappa shape index (κ3) is 5.40. The highest BCUT2D eigenvalue weighted by Gasteiger charge is 2.17. The van der Waals surface area contributed by atoms with Crippen LogP contribution in [-0.4, -0.2) is 9.97 Å². The zero-order valence-electron chi connectivity index (χ0n) is 35.3. The molecule has 2 heterocycles. The summed E-state index contributed by atoms with van der Waals surface area (Å²) in [6, 6.07) is 51.4. The molecule has 0 radical (unpaired) electrons. The number of aromatic nitrogens is 2. The van der Waals surface area contributed by atoms with E-state index in [2.05, 4.69) is 24.3 Å². The first-order chi connectivity index (χ1) is 29.8. The first-order valence-corrected chi connectivity index (χ1v) is 19.0. The fourth-order valence-electron chi connectivity index (χ4n) is 7.78. The maximum absolute atomic E-state index is 9.93. The van der Waals surface area contributed by atoms with E-state index in [-0.39, 0.29) is 41.8 Å². The Bertz CT molecular complexity index is 3570. The van der Waals surface area contributed by atoms with Crippen molar-refractivity contribution in [1.29, 1.82) is 0 Å². The van der Waals surface area contributed by atoms with Gasteiger partial charge in [0.05, 0.1) is 19.6 Å². The van der Waals surface area contributed by atoms with Gasteiger partial charge in [0.2, 0.25) is 0 Å². The van der Waals surface area contributed by atoms with Gasteiger partial charge in [0, 0.05) is 36.9 Å². The van der Waals surface area contributed by atoms with Crippen molar-refractivity contribution in [2.45, 2.75) is 0 Å². The molecule has 0 atom stereocenters. The second-order valence-corrected chi connectivity index (χ2v) is 14.7. The van der Waals surface area contributed by atoms with Gasteiger partial charge >= 0.3 is 0 Å². The van der Waals surface area contributed by atoms with Gasteiger partial charge in [0.1, 0.15) is 0 Å². The van der Waals surface area contributed by atoms with Gasteiger partial charge < -0.3 is 0 Å². The third-order valence-corrected chi connectivity index (χ3v) is 11.4. The summed E-state index contributed by atoms with van der Waals surface area (Å²) >= 11 is 1.12. The van der Waals surface area contributed by atoms with Crippen LogP contribution in [0.15, 0.2) is 194 Å². The molecule has 0 aliphatic rings. The first-order valence-electron chi connectivity index (χ1n) is 21.2. The summed E-state index contributed by atoms with van der Waals surface area (Å²) < 4.78 is 57.1. The lowest BCUT2D eigenvalue weighted by Crippen LogP contribution is -1.96. The van der Waals surface area contributed by atoms with E-state index in [1.165, 1.54) is 0 Å². The van der Waals surface area contributed by atoms with Gasteiger partial charge in [-0.25, -0.2) is 9.97 Å². The minimum Gasteiger partial charge on any atom is -0.228 e. The summed E-state index contributed by atoms with van der Waals surface area (Å²) in [5, 5.41) is 7.21. The zero-order valence-corrected chi connectivity index (χ0v) is 30.1. The van der Waals surface area contributed by atoms with Crippen LogP contribution in [0.2, 0.25) is 0 Å². The Hall–Kier alpha value is -6.94. The van der Waals surface area contributed by atoms with Crippen LogP contribution in [0.3, 0.4) is 0 Å². The number of hydrogen-bond donors (Lipinski definition) is 0. The molecule has 0 aliphatic heterocycles. The molecule has 55 heavy (non-hydrogen) atoms. The Balaban J connectivity index is 1.20. The Morgan fingerprint density at radius 3 is 1.73 bits per heavy atom. The lowest BCUT2D eigenvalue weighted by molar-refractivity contribution is 1.19. The van der Waals surface area contributed by atoms with Crippen LogP contribution < -0.4 is 0 Å². The molecular formula is C52H32N2S. The highest BCUT2D eigenvalue weighted by atomic mass is 32.1. The molecule has 9 aromatic carbocycles. The predicted molar refractivity (Wildman–Crippen MR) is 235 cm³/mol. The number of rotatable bonds is 5. The monoisotopic (exact) mass is 722 g/mol. The summed E-state index contributed by atoms with van der Waals surface area (Å²) in [4.78, 5) is 10.2. The van der Waals surface area contributed by atoms with Crippen LogP contribution in [0, 0.1) is 0 Å². The topological polar surface area (TPSA) is 25.8 Å². The molecule has 256 valence electrons. The summed E-state index contributed by atoms with van der Waals surface area (Å²) in [5.74, 6) is 0.417. The van der Waals surface area contributed by atoms with Gasteiger partial charge in [-0.2, -0.15) is 0 Å². The zero-order chi connectivity index (χ0) is 41.5. The Labute approximate surface area is 331 Å². The van der Waals surface area contributed by atoms with E-state index < -0.39 is 0 Å². The summed E-state index contributed by atoms with van der Waals surface area (Å²) in [7, 11) is 0. The summed E-state index contributed by atoms with van der Waals surface area (Å²) in [5.41, 5.74) is 5.80. The molecule has 0 saturated carbocycles. The van der Waals surface area contributed by atoms with E-state index in [9.17, 15) is 5.48 Å². The third-order valence-electron chi connectivity index (χ3n) is 10.4. The standard InChI is InChI=1S/C52H32N2S/c1-3-13-33(14-4-1)35-17-11-18-38(29-35)52-53-47(34-15-5-2-6-16-34)32-48(54-52)44-23-12-24-50-51(44)46-31-37(26-28-49(46)55-50)36-25-27-43-41-21-8-7-19-39(41)40-20-9-10-22-42(40)45(43)30-36/h1-32H/i12D,23D,24D,26D,28D,31D. The van der Waals surface area contributed by atoms with Crippen LogP contribution in [0.5, 0.6) is 0 Å². The highest BCUT2D eigenvalue weighted by molar-refractivity contribution is 7.26. The van der Waals surface area contributed by atoms with Crippen molar-refractivity contribution in [2.75, 3.05) is 0 Å². The van der Waals surface area contributed by atoms with Crippen LogP contribution >= 0.6 is 11.3 Å². The van der Waals surface area contributed by atoms with Gasteiger partial charge in [0.15, 0.2) is 5.82 Å². The van der Waals surface area contributed by atoms with Crippen LogP contribution in [0.25, 0.3) is 109 Å². The average Bonchev–Trinajstić information content (AvgIpc) is 3.72. The first kappa shape index (κ1) is 25.9. The van der Waals surface area contributed by atoms with E-state index in [1.807, 2.05) is 133 Å². The Kier molecular flexibility index (Phi) is 6.07. The number of hydrogen-bond acceptors (Lipinski definition) is 3. The maximum atomic E-state index is 9.93. The van der Waals surface area contributed by atoms with Crippen molar-refractivity contribution >= 4 is 63.8 Å². The maximum Gasteiger partial charge on any atom is 0.160 e. The molecule has 11 rings (SSSR count). The fourth-order valence-corrected chi connectivity index (χ4v) is 8.75. The van der Waals surface area contributed by atoms with Gasteiger partial charge in [0.25, 0.3) is 0 Å². The van der Waals surface area contributed by atoms with E-state index in [4.69, 9.17) is 12.7 Å². The van der Waals surface area contributed by atoms with E-state index in [1.54, 1.807) is 0 Å². The van der Waals surface area contributed by atoms with Crippen molar-refractivity contribution in [3.05, 3.63) is 194 Å². The van der Waals surface area contributed by atoms with E-state index >= 15 is 0 Å². The Morgan fingerprint density at radius 2 is 0.982 bits per heavy atom. The molecule has 0 spiro atoms. The van der Waals surface area contributed by atoms with E-state index in [0.29, 0.717) is 48.5 Å². The lowest BCUT2D eigenvalue weighted by atomic mass is 9.92. The number of thiophene rings is 1. The molecule has 0 bridgehead atoms. The minimum atomic E-state index is -0.278. The molecule has 2 nitrogen and oxygen atoms in total. The highest BCUT2D eigenvalue weighted by Crippen LogP contribution is 2.43. The van der Waals surface area contributed by atoms with Gasteiger partial charge in [-0.3, -0.25) is 0 Å². The van der Waals surface area contributed by atoms with Crippen molar-refractivity contribution in [3.63, 3.8) is 0 Å². The predicted octanol–water partition coefficient (Wildman–Crippen LogP) is 14.6. The Morgan fingerprint density at radius 1 is 0.382 bits per heavy atom. The van der Waals surface area contributed by atoms with Gasteiger partial charge in [-0.15, -0.1) is 11.3 Å². The molecule has 11 aromatic rings. The van der Waals surface area contributed by atoms with Crippen molar-refractivity contribution < 1.29 is 8.22 Å². The second kappa shape index (κ2) is 12.9. The van der Waals surface area contributed by atoms with Gasteiger partial charge in [-0.1, -0.05) is 158 Å². The molecule has 0 unspecified atom stereocenters. The molecule has 2 aromatic heterocycles. The van der Waals surface area contributed by atoms with Gasteiger partial charge in [-0.05, 0) is 90.9 Å². The second-order valence-electron chi connectivity index (χ2n) is 13.6. The number of benzene rings is 9. The normalized spacial score (nSPS) is 13.2. The molecule has 0 N–H and O–H groups in total. The molecular weight excluding hydrogens is 685 g/mol. The lowest BCUT2D eigenvalue weighted by Gasteiger charge is -2.12. The summed E-state index contributed by atoms with van der Waals surface area (Å²) in [6.45, 7) is 0. The van der Waals surface area contributed by atoms with Crippen LogP contribution in [0.4, 0.5) is 0 Å². The smallest absolute Gasteiger partial charge is 0.160 e. The SMILES string of the molecule is [2H]c1c(-c2ccc3c4ccccc4c4ccccc4c3c2)c([2H])c2c(sc3c([2H])c([2H])c([2H])c(-c4cc(-c5ccccc5)nc(-c5cccc(-c6ccccc6)c5)n4)c32)c1[2H]. The van der Waals surface area contributed by atoms with Crippen molar-refractivity contribution in [2.24, 2.45) is 0 Å². The molecule has 0 fully saturated rings. The fraction of sp³-hybridized carbons (Fsp3) is 0.